The fourth-order valence-electron chi connectivity index (χ4n) is 2.74. The molecule has 1 amide bonds. The highest BCUT2D eigenvalue weighted by Gasteiger charge is 2.20. The van der Waals surface area contributed by atoms with E-state index >= 15 is 0 Å². The Morgan fingerprint density at radius 2 is 1.68 bits per heavy atom. The Morgan fingerprint density at radius 1 is 0.960 bits per heavy atom. The highest BCUT2D eigenvalue weighted by Crippen LogP contribution is 2.24. The molecule has 3 rings (SSSR count). The summed E-state index contributed by atoms with van der Waals surface area (Å²) in [6.45, 7) is 1.99. The van der Waals surface area contributed by atoms with Crippen LogP contribution in [0.25, 0.3) is 0 Å². The first-order valence-corrected chi connectivity index (χ1v) is 8.30. The standard InChI is InChI=1S/C21H17ClFNO/c1-14-6-5-9-16(12-14)20(15-7-3-2-4-8-15)24-21(25)18-11-10-17(22)13-19(18)23/h2-13,20H,1H3,(H,24,25)/t20-/m1/s1. The Labute approximate surface area is 151 Å². The molecular formula is C21H17ClFNO. The minimum atomic E-state index is -0.638. The molecule has 0 bridgehead atoms. The van der Waals surface area contributed by atoms with E-state index in [2.05, 4.69) is 5.32 Å². The number of hydrogen-bond donors (Lipinski definition) is 1. The smallest absolute Gasteiger partial charge is 0.255 e. The van der Waals surface area contributed by atoms with Crippen LogP contribution in [0, 0.1) is 12.7 Å². The Bertz CT molecular complexity index is 895. The largest absolute Gasteiger partial charge is 0.341 e. The Hall–Kier alpha value is -2.65. The summed E-state index contributed by atoms with van der Waals surface area (Å²) in [7, 11) is 0. The van der Waals surface area contributed by atoms with Crippen LogP contribution >= 0.6 is 11.6 Å². The summed E-state index contributed by atoms with van der Waals surface area (Å²) in [4.78, 5) is 12.6. The van der Waals surface area contributed by atoms with Crippen LogP contribution < -0.4 is 5.32 Å². The van der Waals surface area contributed by atoms with Crippen molar-refractivity contribution in [1.82, 2.24) is 5.32 Å². The SMILES string of the molecule is Cc1cccc([C@H](NC(=O)c2ccc(Cl)cc2F)c2ccccc2)c1. The lowest BCUT2D eigenvalue weighted by molar-refractivity contribution is 0.0939. The van der Waals surface area contributed by atoms with Gasteiger partial charge in [0.25, 0.3) is 5.91 Å². The van der Waals surface area contributed by atoms with Crippen LogP contribution in [0.15, 0.2) is 72.8 Å². The van der Waals surface area contributed by atoms with Gasteiger partial charge in [0.1, 0.15) is 5.82 Å². The first-order valence-electron chi connectivity index (χ1n) is 7.92. The molecule has 3 aromatic rings. The van der Waals surface area contributed by atoms with Crippen molar-refractivity contribution in [3.05, 3.63) is 106 Å². The van der Waals surface area contributed by atoms with Crippen LogP contribution in [0.2, 0.25) is 5.02 Å². The maximum atomic E-state index is 14.1. The molecular weight excluding hydrogens is 337 g/mol. The zero-order chi connectivity index (χ0) is 17.8. The van der Waals surface area contributed by atoms with E-state index < -0.39 is 11.7 Å². The average Bonchev–Trinajstić information content (AvgIpc) is 2.60. The van der Waals surface area contributed by atoms with Crippen LogP contribution in [-0.2, 0) is 0 Å². The molecule has 0 aromatic heterocycles. The van der Waals surface area contributed by atoms with Crippen LogP contribution in [0.4, 0.5) is 4.39 Å². The number of rotatable bonds is 4. The van der Waals surface area contributed by atoms with Crippen molar-refractivity contribution in [2.24, 2.45) is 0 Å². The minimum Gasteiger partial charge on any atom is -0.341 e. The molecule has 126 valence electrons. The van der Waals surface area contributed by atoms with Gasteiger partial charge in [0, 0.05) is 5.02 Å². The second-order valence-corrected chi connectivity index (χ2v) is 6.29. The summed E-state index contributed by atoms with van der Waals surface area (Å²) < 4.78 is 14.1. The van der Waals surface area contributed by atoms with Crippen molar-refractivity contribution < 1.29 is 9.18 Å². The highest BCUT2D eigenvalue weighted by atomic mass is 35.5. The lowest BCUT2D eigenvalue weighted by atomic mass is 9.97. The quantitative estimate of drug-likeness (QED) is 0.677. The Kier molecular flexibility index (Phi) is 5.15. The molecule has 0 unspecified atom stereocenters. The van der Waals surface area contributed by atoms with Gasteiger partial charge in [-0.15, -0.1) is 0 Å². The van der Waals surface area contributed by atoms with Crippen molar-refractivity contribution in [3.63, 3.8) is 0 Å². The summed E-state index contributed by atoms with van der Waals surface area (Å²) in [6.07, 6.45) is 0. The van der Waals surface area contributed by atoms with Gasteiger partial charge in [0.05, 0.1) is 11.6 Å². The summed E-state index contributed by atoms with van der Waals surface area (Å²) in [6, 6.07) is 21.2. The van der Waals surface area contributed by atoms with Gasteiger partial charge in [-0.2, -0.15) is 0 Å². The van der Waals surface area contributed by atoms with E-state index in [1.165, 1.54) is 12.1 Å². The lowest BCUT2D eigenvalue weighted by Gasteiger charge is -2.20. The molecule has 0 heterocycles. The molecule has 0 spiro atoms. The number of halogens is 2. The van der Waals surface area contributed by atoms with Crippen LogP contribution in [0.3, 0.4) is 0 Å². The fraction of sp³-hybridized carbons (Fsp3) is 0.0952. The summed E-state index contributed by atoms with van der Waals surface area (Å²) in [5.74, 6) is -1.12. The summed E-state index contributed by atoms with van der Waals surface area (Å²) in [5.41, 5.74) is 2.92. The van der Waals surface area contributed by atoms with Crippen LogP contribution in [0.1, 0.15) is 33.1 Å². The number of hydrogen-bond acceptors (Lipinski definition) is 1. The monoisotopic (exact) mass is 353 g/mol. The van der Waals surface area contributed by atoms with Crippen molar-refractivity contribution in [2.45, 2.75) is 13.0 Å². The molecule has 2 nitrogen and oxygen atoms in total. The van der Waals surface area contributed by atoms with E-state index in [0.717, 1.165) is 22.8 Å². The van der Waals surface area contributed by atoms with E-state index in [4.69, 9.17) is 11.6 Å². The third kappa shape index (κ3) is 4.06. The van der Waals surface area contributed by atoms with Gasteiger partial charge in [0.15, 0.2) is 0 Å². The van der Waals surface area contributed by atoms with Gasteiger partial charge in [0.2, 0.25) is 0 Å². The maximum absolute atomic E-state index is 14.1. The van der Waals surface area contributed by atoms with Crippen LogP contribution in [0.5, 0.6) is 0 Å². The molecule has 1 atom stereocenters. The number of aryl methyl sites for hydroxylation is 1. The van der Waals surface area contributed by atoms with Crippen LogP contribution in [-0.4, -0.2) is 5.91 Å². The molecule has 4 heteroatoms. The maximum Gasteiger partial charge on any atom is 0.255 e. The van der Waals surface area contributed by atoms with Crippen molar-refractivity contribution >= 4 is 17.5 Å². The van der Waals surface area contributed by atoms with Crippen molar-refractivity contribution in [2.75, 3.05) is 0 Å². The fourth-order valence-corrected chi connectivity index (χ4v) is 2.90. The predicted octanol–water partition coefficient (Wildman–Crippen LogP) is 5.31. The molecule has 1 N–H and O–H groups in total. The molecule has 25 heavy (non-hydrogen) atoms. The Morgan fingerprint density at radius 3 is 2.36 bits per heavy atom. The van der Waals surface area contributed by atoms with Crippen molar-refractivity contribution in [1.29, 1.82) is 0 Å². The molecule has 3 aromatic carbocycles. The zero-order valence-corrected chi connectivity index (χ0v) is 14.4. The molecule has 0 saturated heterocycles. The first-order chi connectivity index (χ1) is 12.0. The van der Waals surface area contributed by atoms with Gasteiger partial charge < -0.3 is 5.32 Å². The number of carbonyl (C=O) groups is 1. The minimum absolute atomic E-state index is 0.0296. The third-order valence-electron chi connectivity index (χ3n) is 3.96. The number of benzene rings is 3. The number of nitrogens with one attached hydrogen (secondary N) is 1. The van der Waals surface area contributed by atoms with E-state index in [1.54, 1.807) is 0 Å². The summed E-state index contributed by atoms with van der Waals surface area (Å²) >= 11 is 5.76. The van der Waals surface area contributed by atoms with Gasteiger partial charge in [-0.05, 0) is 36.2 Å². The lowest BCUT2D eigenvalue weighted by Crippen LogP contribution is -2.30. The predicted molar refractivity (Wildman–Crippen MR) is 98.3 cm³/mol. The zero-order valence-electron chi connectivity index (χ0n) is 13.7. The first kappa shape index (κ1) is 17.2. The second kappa shape index (κ2) is 7.49. The molecule has 0 radical (unpaired) electrons. The van der Waals surface area contributed by atoms with E-state index in [0.29, 0.717) is 0 Å². The highest BCUT2D eigenvalue weighted by molar-refractivity contribution is 6.30. The van der Waals surface area contributed by atoms with E-state index in [9.17, 15) is 9.18 Å². The average molecular weight is 354 g/mol. The summed E-state index contributed by atoms with van der Waals surface area (Å²) in [5, 5.41) is 3.19. The van der Waals surface area contributed by atoms with E-state index in [1.807, 2.05) is 61.5 Å². The van der Waals surface area contributed by atoms with Crippen molar-refractivity contribution in [3.8, 4) is 0 Å². The van der Waals surface area contributed by atoms with Gasteiger partial charge in [-0.25, -0.2) is 4.39 Å². The number of amides is 1. The van der Waals surface area contributed by atoms with E-state index in [-0.39, 0.29) is 16.6 Å². The Balaban J connectivity index is 1.96. The number of carbonyl (C=O) groups excluding carboxylic acids is 1. The molecule has 0 aliphatic rings. The molecule has 0 aliphatic heterocycles. The molecule has 0 fully saturated rings. The van der Waals surface area contributed by atoms with Gasteiger partial charge in [-0.1, -0.05) is 71.8 Å². The molecule has 0 aliphatic carbocycles. The third-order valence-corrected chi connectivity index (χ3v) is 4.19. The second-order valence-electron chi connectivity index (χ2n) is 5.86. The topological polar surface area (TPSA) is 29.1 Å². The van der Waals surface area contributed by atoms with Gasteiger partial charge >= 0.3 is 0 Å². The van der Waals surface area contributed by atoms with Gasteiger partial charge in [-0.3, -0.25) is 4.79 Å². The normalized spacial score (nSPS) is 11.8. The molecule has 0 saturated carbocycles.